The summed E-state index contributed by atoms with van der Waals surface area (Å²) in [5.41, 5.74) is 5.38. The predicted octanol–water partition coefficient (Wildman–Crippen LogP) is 0.565. The summed E-state index contributed by atoms with van der Waals surface area (Å²) >= 11 is 0. The molecular weight excluding hydrogens is 184 g/mol. The third kappa shape index (κ3) is 3.51. The van der Waals surface area contributed by atoms with Gasteiger partial charge in [0.15, 0.2) is 5.84 Å². The van der Waals surface area contributed by atoms with Gasteiger partial charge in [-0.3, -0.25) is 0 Å². The minimum atomic E-state index is -0.317. The summed E-state index contributed by atoms with van der Waals surface area (Å²) in [5, 5.41) is 11.3. The van der Waals surface area contributed by atoms with Gasteiger partial charge in [-0.2, -0.15) is 0 Å². The molecule has 1 unspecified atom stereocenters. The summed E-state index contributed by atoms with van der Waals surface area (Å²) in [4.78, 5) is 0. The van der Waals surface area contributed by atoms with Gasteiger partial charge in [0, 0.05) is 13.2 Å². The molecule has 5 nitrogen and oxygen atoms in total. The van der Waals surface area contributed by atoms with Crippen LogP contribution in [0.5, 0.6) is 0 Å². The van der Waals surface area contributed by atoms with E-state index in [0.29, 0.717) is 12.5 Å². The van der Waals surface area contributed by atoms with Crippen molar-refractivity contribution in [1.82, 2.24) is 0 Å². The van der Waals surface area contributed by atoms with Crippen molar-refractivity contribution >= 4 is 5.84 Å². The van der Waals surface area contributed by atoms with Crippen molar-refractivity contribution in [2.45, 2.75) is 25.9 Å². The van der Waals surface area contributed by atoms with Gasteiger partial charge in [-0.1, -0.05) is 5.16 Å². The lowest BCUT2D eigenvalue weighted by Gasteiger charge is -2.23. The lowest BCUT2D eigenvalue weighted by atomic mass is 10.0. The first kappa shape index (κ1) is 11.3. The topological polar surface area (TPSA) is 77.1 Å². The zero-order valence-corrected chi connectivity index (χ0v) is 8.48. The van der Waals surface area contributed by atoms with Crippen molar-refractivity contribution in [2.75, 3.05) is 19.8 Å². The van der Waals surface area contributed by atoms with Crippen molar-refractivity contribution in [3.05, 3.63) is 0 Å². The molecule has 82 valence electrons. The van der Waals surface area contributed by atoms with E-state index in [4.69, 9.17) is 20.4 Å². The average molecular weight is 202 g/mol. The Morgan fingerprint density at radius 1 is 1.64 bits per heavy atom. The van der Waals surface area contributed by atoms with Gasteiger partial charge in [0.05, 0.1) is 6.61 Å². The predicted molar refractivity (Wildman–Crippen MR) is 52.4 cm³/mol. The molecule has 0 spiro atoms. The summed E-state index contributed by atoms with van der Waals surface area (Å²) in [6.07, 6.45) is 1.74. The molecule has 1 heterocycles. The molecular formula is C9H18N2O3. The van der Waals surface area contributed by atoms with E-state index in [1.807, 2.05) is 0 Å². The Bertz CT molecular complexity index is 190. The maximum Gasteiger partial charge on any atom is 0.168 e. The van der Waals surface area contributed by atoms with Crippen LogP contribution < -0.4 is 5.73 Å². The Kier molecular flexibility index (Phi) is 4.69. The van der Waals surface area contributed by atoms with E-state index < -0.39 is 0 Å². The van der Waals surface area contributed by atoms with Crippen LogP contribution in [0.1, 0.15) is 19.8 Å². The number of hydrogen-bond acceptors (Lipinski definition) is 4. The number of oxime groups is 1. The first-order valence-electron chi connectivity index (χ1n) is 4.90. The molecule has 14 heavy (non-hydrogen) atoms. The Morgan fingerprint density at radius 3 is 2.86 bits per heavy atom. The minimum Gasteiger partial charge on any atom is -0.409 e. The number of rotatable bonds is 4. The number of hydrogen-bond donors (Lipinski definition) is 2. The molecule has 0 amide bonds. The molecule has 0 aromatic carbocycles. The smallest absolute Gasteiger partial charge is 0.168 e. The first-order chi connectivity index (χ1) is 6.74. The third-order valence-corrected chi connectivity index (χ3v) is 2.45. The van der Waals surface area contributed by atoms with E-state index in [1.54, 1.807) is 6.92 Å². The quantitative estimate of drug-likeness (QED) is 0.302. The second-order valence-corrected chi connectivity index (χ2v) is 3.56. The first-order valence-corrected chi connectivity index (χ1v) is 4.90. The fourth-order valence-corrected chi connectivity index (χ4v) is 1.36. The fraction of sp³-hybridized carbons (Fsp3) is 0.889. The van der Waals surface area contributed by atoms with Gasteiger partial charge in [0.1, 0.15) is 6.10 Å². The molecule has 0 aromatic rings. The van der Waals surface area contributed by atoms with Gasteiger partial charge in [0.25, 0.3) is 0 Å². The van der Waals surface area contributed by atoms with E-state index >= 15 is 0 Å². The minimum absolute atomic E-state index is 0.122. The summed E-state index contributed by atoms with van der Waals surface area (Å²) in [5.74, 6) is 0.662. The summed E-state index contributed by atoms with van der Waals surface area (Å²) in [6.45, 7) is 4.05. The summed E-state index contributed by atoms with van der Waals surface area (Å²) < 4.78 is 10.7. The SMILES string of the molecule is CC(OCC1CCOCC1)C(N)=NO. The van der Waals surface area contributed by atoms with E-state index in [1.165, 1.54) is 0 Å². The van der Waals surface area contributed by atoms with E-state index in [0.717, 1.165) is 26.1 Å². The van der Waals surface area contributed by atoms with Crippen molar-refractivity contribution in [2.24, 2.45) is 16.8 Å². The normalized spacial score (nSPS) is 22.2. The van der Waals surface area contributed by atoms with Gasteiger partial charge in [-0.15, -0.1) is 0 Å². The van der Waals surface area contributed by atoms with Crippen molar-refractivity contribution in [1.29, 1.82) is 0 Å². The Labute approximate surface area is 83.9 Å². The monoisotopic (exact) mass is 202 g/mol. The van der Waals surface area contributed by atoms with Gasteiger partial charge in [0.2, 0.25) is 0 Å². The molecule has 3 N–H and O–H groups in total. The van der Waals surface area contributed by atoms with Crippen LogP contribution >= 0.6 is 0 Å². The van der Waals surface area contributed by atoms with Crippen LogP contribution in [0.25, 0.3) is 0 Å². The highest BCUT2D eigenvalue weighted by atomic mass is 16.5. The molecule has 0 saturated carbocycles. The van der Waals surface area contributed by atoms with Crippen LogP contribution in [0, 0.1) is 5.92 Å². The third-order valence-electron chi connectivity index (χ3n) is 2.45. The molecule has 1 saturated heterocycles. The Balaban J connectivity index is 2.18. The zero-order chi connectivity index (χ0) is 10.4. The Hall–Kier alpha value is -0.810. The molecule has 0 aromatic heterocycles. The van der Waals surface area contributed by atoms with Crippen LogP contribution in [0.4, 0.5) is 0 Å². The van der Waals surface area contributed by atoms with Crippen LogP contribution in [-0.4, -0.2) is 37.0 Å². The summed E-state index contributed by atoms with van der Waals surface area (Å²) in [6, 6.07) is 0. The standard InChI is InChI=1S/C9H18N2O3/c1-7(9(10)11-12)14-6-8-2-4-13-5-3-8/h7-8,12H,2-6H2,1H3,(H2,10,11). The average Bonchev–Trinajstić information content (AvgIpc) is 2.26. The molecule has 1 aliphatic rings. The Morgan fingerprint density at radius 2 is 2.29 bits per heavy atom. The van der Waals surface area contributed by atoms with Crippen molar-refractivity contribution in [3.63, 3.8) is 0 Å². The van der Waals surface area contributed by atoms with Crippen molar-refractivity contribution in [3.8, 4) is 0 Å². The molecule has 1 aliphatic heterocycles. The molecule has 0 aliphatic carbocycles. The van der Waals surface area contributed by atoms with Crippen LogP contribution in [0.15, 0.2) is 5.16 Å². The maximum atomic E-state index is 8.41. The van der Waals surface area contributed by atoms with Crippen molar-refractivity contribution < 1.29 is 14.7 Å². The van der Waals surface area contributed by atoms with Crippen LogP contribution in [-0.2, 0) is 9.47 Å². The highest BCUT2D eigenvalue weighted by Gasteiger charge is 2.16. The second kappa shape index (κ2) is 5.82. The number of ether oxygens (including phenoxy) is 2. The lowest BCUT2D eigenvalue weighted by molar-refractivity contribution is 0.0116. The van der Waals surface area contributed by atoms with E-state index in [2.05, 4.69) is 5.16 Å². The number of nitrogens with zero attached hydrogens (tertiary/aromatic N) is 1. The maximum absolute atomic E-state index is 8.41. The molecule has 1 atom stereocenters. The highest BCUT2D eigenvalue weighted by Crippen LogP contribution is 2.15. The van der Waals surface area contributed by atoms with Gasteiger partial charge >= 0.3 is 0 Å². The number of nitrogens with two attached hydrogens (primary N) is 1. The zero-order valence-electron chi connectivity index (χ0n) is 8.48. The summed E-state index contributed by atoms with van der Waals surface area (Å²) in [7, 11) is 0. The van der Waals surface area contributed by atoms with Gasteiger partial charge in [-0.25, -0.2) is 0 Å². The fourth-order valence-electron chi connectivity index (χ4n) is 1.36. The molecule has 1 fully saturated rings. The highest BCUT2D eigenvalue weighted by molar-refractivity contribution is 5.83. The molecule has 1 rings (SSSR count). The van der Waals surface area contributed by atoms with Gasteiger partial charge in [-0.05, 0) is 25.7 Å². The molecule has 0 radical (unpaired) electrons. The number of amidine groups is 1. The van der Waals surface area contributed by atoms with Gasteiger partial charge < -0.3 is 20.4 Å². The van der Waals surface area contributed by atoms with Crippen LogP contribution in [0.3, 0.4) is 0 Å². The lowest BCUT2D eigenvalue weighted by Crippen LogP contribution is -2.31. The molecule has 0 bridgehead atoms. The van der Waals surface area contributed by atoms with Crippen LogP contribution in [0.2, 0.25) is 0 Å². The molecule has 5 heteroatoms. The van der Waals surface area contributed by atoms with E-state index in [-0.39, 0.29) is 11.9 Å². The second-order valence-electron chi connectivity index (χ2n) is 3.56. The largest absolute Gasteiger partial charge is 0.409 e. The van der Waals surface area contributed by atoms with E-state index in [9.17, 15) is 0 Å².